The maximum Gasteiger partial charge on any atom is 0.418 e. The highest BCUT2D eigenvalue weighted by molar-refractivity contribution is 5.83. The van der Waals surface area contributed by atoms with Gasteiger partial charge in [-0.2, -0.15) is 23.0 Å². The largest absolute Gasteiger partial charge is 0.497 e. The van der Waals surface area contributed by atoms with E-state index in [-0.39, 0.29) is 18.1 Å². The number of carbonyl (C=O) groups is 1. The predicted molar refractivity (Wildman–Crippen MR) is 135 cm³/mol. The Hall–Kier alpha value is -4.02. The third-order valence-electron chi connectivity index (χ3n) is 7.12. The van der Waals surface area contributed by atoms with Crippen molar-refractivity contribution in [2.45, 2.75) is 25.4 Å². The molecule has 3 aromatic rings. The molecule has 2 heterocycles. The molecule has 0 saturated carbocycles. The number of ether oxygens (including phenoxy) is 2. The van der Waals surface area contributed by atoms with Crippen LogP contribution in [0.3, 0.4) is 0 Å². The van der Waals surface area contributed by atoms with Gasteiger partial charge in [0.05, 0.1) is 37.7 Å². The number of carbonyl (C=O) groups excluding carboxylic acids is 1. The van der Waals surface area contributed by atoms with Crippen LogP contribution in [0.15, 0.2) is 41.2 Å². The van der Waals surface area contributed by atoms with E-state index in [2.05, 4.69) is 5.10 Å². The molecule has 0 spiro atoms. The first-order valence-electron chi connectivity index (χ1n) is 12.2. The van der Waals surface area contributed by atoms with Gasteiger partial charge in [-0.25, -0.2) is 0 Å². The van der Waals surface area contributed by atoms with Crippen molar-refractivity contribution in [1.82, 2.24) is 14.7 Å². The number of alkyl halides is 3. The highest BCUT2D eigenvalue weighted by atomic mass is 19.4. The lowest BCUT2D eigenvalue weighted by atomic mass is 10.0. The second-order valence-electron chi connectivity index (χ2n) is 9.41. The number of hydrogen-bond donors (Lipinski definition) is 0. The fraction of sp³-hybridized carbons (Fsp3) is 0.370. The van der Waals surface area contributed by atoms with E-state index in [1.807, 2.05) is 0 Å². The number of rotatable bonds is 5. The number of methoxy groups -OCH3 is 2. The van der Waals surface area contributed by atoms with E-state index >= 15 is 0 Å². The molecule has 0 bridgehead atoms. The normalized spacial score (nSPS) is 15.6. The van der Waals surface area contributed by atoms with Gasteiger partial charge in [0.2, 0.25) is 5.91 Å². The molecule has 200 valence electrons. The number of benzene rings is 2. The first kappa shape index (κ1) is 25.6. The van der Waals surface area contributed by atoms with Gasteiger partial charge in [0.15, 0.2) is 0 Å². The standard InChI is InChI=1S/C27H27F3N4O4/c1-32-9-10-33(15-24(32)35)17-7-8-22(27(28,29)30)23(13-17)34-26(36)21-6-4-5-20(21)25(31-34)16-11-18(37-2)14-19(12-16)38-3/h7-8,11-14H,4-6,9-10,15H2,1-3H3. The second kappa shape index (κ2) is 9.70. The zero-order valence-electron chi connectivity index (χ0n) is 21.3. The van der Waals surface area contributed by atoms with Gasteiger partial charge >= 0.3 is 6.18 Å². The average molecular weight is 529 g/mol. The number of anilines is 1. The summed E-state index contributed by atoms with van der Waals surface area (Å²) >= 11 is 0. The predicted octanol–water partition coefficient (Wildman–Crippen LogP) is 3.70. The molecule has 1 aliphatic heterocycles. The van der Waals surface area contributed by atoms with Crippen LogP contribution in [0, 0.1) is 0 Å². The number of amides is 1. The van der Waals surface area contributed by atoms with Crippen LogP contribution in [0.2, 0.25) is 0 Å². The maximum atomic E-state index is 14.2. The highest BCUT2D eigenvalue weighted by Gasteiger charge is 2.36. The van der Waals surface area contributed by atoms with Gasteiger partial charge in [0.25, 0.3) is 5.56 Å². The molecule has 5 rings (SSSR count). The number of likely N-dealkylation sites (N-methyl/N-ethyl adjacent to an activating group) is 1. The molecule has 1 aliphatic carbocycles. The van der Waals surface area contributed by atoms with Crippen molar-refractivity contribution >= 4 is 11.6 Å². The zero-order valence-corrected chi connectivity index (χ0v) is 21.3. The van der Waals surface area contributed by atoms with Crippen LogP contribution in [0.5, 0.6) is 11.5 Å². The van der Waals surface area contributed by atoms with Crippen LogP contribution in [0.4, 0.5) is 18.9 Å². The van der Waals surface area contributed by atoms with E-state index in [0.29, 0.717) is 66.4 Å². The summed E-state index contributed by atoms with van der Waals surface area (Å²) in [7, 11) is 4.68. The Kier molecular flexibility index (Phi) is 6.54. The SMILES string of the molecule is COc1cc(OC)cc(-c2nn(-c3cc(N4CCN(C)C(=O)C4)ccc3C(F)(F)F)c(=O)c3c2CCC3)c1. The quantitative estimate of drug-likeness (QED) is 0.503. The molecule has 8 nitrogen and oxygen atoms in total. The molecule has 2 aliphatic rings. The van der Waals surface area contributed by atoms with Crippen LogP contribution in [-0.4, -0.2) is 61.5 Å². The monoisotopic (exact) mass is 528 g/mol. The minimum atomic E-state index is -4.73. The summed E-state index contributed by atoms with van der Waals surface area (Å²) < 4.78 is 54.2. The lowest BCUT2D eigenvalue weighted by Gasteiger charge is -2.34. The summed E-state index contributed by atoms with van der Waals surface area (Å²) in [6.07, 6.45) is -3.01. The van der Waals surface area contributed by atoms with E-state index < -0.39 is 17.3 Å². The Morgan fingerprint density at radius 2 is 1.61 bits per heavy atom. The van der Waals surface area contributed by atoms with Crippen molar-refractivity contribution in [2.75, 3.05) is 45.8 Å². The minimum Gasteiger partial charge on any atom is -0.497 e. The van der Waals surface area contributed by atoms with Crippen LogP contribution in [0.1, 0.15) is 23.1 Å². The Labute approximate surface area is 217 Å². The van der Waals surface area contributed by atoms with Crippen molar-refractivity contribution in [1.29, 1.82) is 0 Å². The number of nitrogens with zero attached hydrogens (tertiary/aromatic N) is 4. The van der Waals surface area contributed by atoms with Crippen molar-refractivity contribution in [2.24, 2.45) is 0 Å². The summed E-state index contributed by atoms with van der Waals surface area (Å²) in [6.45, 7) is 0.922. The zero-order chi connectivity index (χ0) is 27.2. The van der Waals surface area contributed by atoms with Crippen molar-refractivity contribution in [3.63, 3.8) is 0 Å². The molecule has 0 unspecified atom stereocenters. The Bertz CT molecular complexity index is 1450. The highest BCUT2D eigenvalue weighted by Crippen LogP contribution is 2.38. The van der Waals surface area contributed by atoms with E-state index in [1.54, 1.807) is 35.0 Å². The molecule has 0 radical (unpaired) electrons. The molecule has 1 fully saturated rings. The maximum absolute atomic E-state index is 14.2. The molecular weight excluding hydrogens is 501 g/mol. The molecular formula is C27H27F3N4O4. The minimum absolute atomic E-state index is 0.0304. The van der Waals surface area contributed by atoms with E-state index in [4.69, 9.17) is 9.47 Å². The fourth-order valence-corrected chi connectivity index (χ4v) is 5.02. The smallest absolute Gasteiger partial charge is 0.418 e. The molecule has 11 heteroatoms. The summed E-state index contributed by atoms with van der Waals surface area (Å²) in [5, 5.41) is 4.52. The van der Waals surface area contributed by atoms with Crippen LogP contribution in [0.25, 0.3) is 16.9 Å². The summed E-state index contributed by atoms with van der Waals surface area (Å²) in [5.74, 6) is 0.839. The number of hydrogen-bond acceptors (Lipinski definition) is 6. The topological polar surface area (TPSA) is 76.9 Å². The van der Waals surface area contributed by atoms with Crippen LogP contribution in [-0.2, 0) is 23.8 Å². The van der Waals surface area contributed by atoms with Crippen LogP contribution < -0.4 is 19.9 Å². The molecule has 2 aromatic carbocycles. The molecule has 1 aromatic heterocycles. The molecule has 1 amide bonds. The van der Waals surface area contributed by atoms with E-state index in [9.17, 15) is 22.8 Å². The fourth-order valence-electron chi connectivity index (χ4n) is 5.02. The molecule has 1 saturated heterocycles. The molecule has 38 heavy (non-hydrogen) atoms. The first-order chi connectivity index (χ1) is 18.1. The lowest BCUT2D eigenvalue weighted by molar-refractivity contribution is -0.137. The van der Waals surface area contributed by atoms with Gasteiger partial charge in [-0.05, 0) is 55.2 Å². The Morgan fingerprint density at radius 1 is 0.921 bits per heavy atom. The lowest BCUT2D eigenvalue weighted by Crippen LogP contribution is -2.48. The van der Waals surface area contributed by atoms with Gasteiger partial charge < -0.3 is 19.3 Å². The van der Waals surface area contributed by atoms with Crippen molar-refractivity contribution in [3.05, 3.63) is 63.4 Å². The Balaban J connectivity index is 1.73. The average Bonchev–Trinajstić information content (AvgIpc) is 3.40. The second-order valence-corrected chi connectivity index (χ2v) is 9.41. The third kappa shape index (κ3) is 4.57. The number of piperazine rings is 1. The Morgan fingerprint density at radius 3 is 2.24 bits per heavy atom. The van der Waals surface area contributed by atoms with Gasteiger partial charge in [-0.1, -0.05) is 0 Å². The van der Waals surface area contributed by atoms with Gasteiger partial charge in [0.1, 0.15) is 11.5 Å². The van der Waals surface area contributed by atoms with Gasteiger partial charge in [-0.3, -0.25) is 9.59 Å². The summed E-state index contributed by atoms with van der Waals surface area (Å²) in [6, 6.07) is 8.69. The first-order valence-corrected chi connectivity index (χ1v) is 12.2. The van der Waals surface area contributed by atoms with Crippen LogP contribution >= 0.6 is 0 Å². The van der Waals surface area contributed by atoms with Crippen molar-refractivity contribution < 1.29 is 27.4 Å². The van der Waals surface area contributed by atoms with Gasteiger partial charge in [-0.15, -0.1) is 0 Å². The molecule has 0 atom stereocenters. The van der Waals surface area contributed by atoms with E-state index in [0.717, 1.165) is 16.3 Å². The summed E-state index contributed by atoms with van der Waals surface area (Å²) in [4.78, 5) is 29.1. The number of aromatic nitrogens is 2. The van der Waals surface area contributed by atoms with E-state index in [1.165, 1.54) is 26.4 Å². The third-order valence-corrected chi connectivity index (χ3v) is 7.12. The molecule has 0 N–H and O–H groups in total. The summed E-state index contributed by atoms with van der Waals surface area (Å²) in [5.41, 5.74) is 0.619. The number of halogens is 3. The van der Waals surface area contributed by atoms with Gasteiger partial charge in [0, 0.05) is 43.0 Å². The number of fused-ring (bicyclic) bond motifs is 1. The van der Waals surface area contributed by atoms with Crippen molar-refractivity contribution in [3.8, 4) is 28.4 Å².